The average molecular weight is 316 g/mol. The molecule has 2 aliphatic heterocycles. The van der Waals surface area contributed by atoms with Crippen LogP contribution in [0.4, 0.5) is 0 Å². The van der Waals surface area contributed by atoms with Crippen molar-refractivity contribution >= 4 is 5.78 Å². The van der Waals surface area contributed by atoms with E-state index in [-0.39, 0.29) is 16.2 Å². The van der Waals surface area contributed by atoms with Gasteiger partial charge in [0.25, 0.3) is 0 Å². The fourth-order valence-corrected chi connectivity index (χ4v) is 5.30. The third kappa shape index (κ3) is 1.23. The molecule has 1 spiro atoms. The van der Waals surface area contributed by atoms with E-state index in [1.165, 1.54) is 12.2 Å². The van der Waals surface area contributed by atoms with Crippen molar-refractivity contribution in [3.63, 3.8) is 0 Å². The summed E-state index contributed by atoms with van der Waals surface area (Å²) in [6.07, 6.45) is 2.92. The molecule has 1 aromatic rings. The second kappa shape index (κ2) is 3.61. The molecule has 5 rings (SSSR count). The van der Waals surface area contributed by atoms with Gasteiger partial charge in [-0.1, -0.05) is 6.07 Å². The van der Waals surface area contributed by atoms with Gasteiger partial charge in [0.2, 0.25) is 0 Å². The molecule has 3 N–H and O–H groups in total. The number of hydrogen-bond donors (Lipinski definition) is 3. The number of ketones is 1. The van der Waals surface area contributed by atoms with Crippen LogP contribution in [-0.4, -0.2) is 57.2 Å². The number of phenols is 1. The normalized spacial score (nSPS) is 45.6. The molecule has 120 valence electrons. The lowest BCUT2D eigenvalue weighted by Crippen LogP contribution is -2.78. The molecule has 2 heterocycles. The Balaban J connectivity index is 1.91. The monoisotopic (exact) mass is 316 g/mol. The number of nitrogens with zero attached hydrogens (tertiary/aromatic N) is 1. The zero-order valence-corrected chi connectivity index (χ0v) is 12.7. The molecule has 1 saturated heterocycles. The molecule has 2 aliphatic carbocycles. The SMILES string of the molecule is C[N@@+]1(O)CC[C@]23c4c5ccc(O)c4O[C@H]2C(=O)C=C[C@@]3(O)C1C5. The second-order valence-electron chi connectivity index (χ2n) is 7.39. The van der Waals surface area contributed by atoms with Gasteiger partial charge in [-0.3, -0.25) is 4.79 Å². The third-order valence-electron chi connectivity index (χ3n) is 6.38. The molecule has 4 aliphatic rings. The number of phenolic OH excluding ortho intramolecular Hbond substituents is 1. The molecule has 0 aromatic heterocycles. The zero-order valence-electron chi connectivity index (χ0n) is 12.7. The number of ether oxygens (including phenoxy) is 1. The van der Waals surface area contributed by atoms with Crippen molar-refractivity contribution in [2.24, 2.45) is 0 Å². The van der Waals surface area contributed by atoms with Gasteiger partial charge in [0.15, 0.2) is 35.0 Å². The number of aliphatic hydroxyl groups is 1. The van der Waals surface area contributed by atoms with Gasteiger partial charge < -0.3 is 14.9 Å². The van der Waals surface area contributed by atoms with Crippen LogP contribution in [0.3, 0.4) is 0 Å². The molecule has 1 fully saturated rings. The Morgan fingerprint density at radius 3 is 2.96 bits per heavy atom. The van der Waals surface area contributed by atoms with Crippen molar-refractivity contribution in [2.75, 3.05) is 13.6 Å². The number of benzene rings is 1. The topological polar surface area (TPSA) is 87.0 Å². The summed E-state index contributed by atoms with van der Waals surface area (Å²) in [7, 11) is 1.69. The smallest absolute Gasteiger partial charge is 0.197 e. The molecule has 6 heteroatoms. The molecule has 0 radical (unpaired) electrons. The maximum atomic E-state index is 12.5. The van der Waals surface area contributed by atoms with Gasteiger partial charge in [-0.15, -0.1) is 0 Å². The van der Waals surface area contributed by atoms with Gasteiger partial charge >= 0.3 is 0 Å². The van der Waals surface area contributed by atoms with Crippen molar-refractivity contribution in [2.45, 2.75) is 36.0 Å². The van der Waals surface area contributed by atoms with Gasteiger partial charge in [-0.25, -0.2) is 5.21 Å². The Morgan fingerprint density at radius 2 is 2.17 bits per heavy atom. The largest absolute Gasteiger partial charge is 0.504 e. The van der Waals surface area contributed by atoms with E-state index in [1.54, 1.807) is 13.1 Å². The predicted octanol–water partition coefficient (Wildman–Crippen LogP) is 0.425. The first-order chi connectivity index (χ1) is 10.8. The van der Waals surface area contributed by atoms with E-state index in [9.17, 15) is 20.2 Å². The Kier molecular flexibility index (Phi) is 2.12. The number of piperidine rings is 1. The van der Waals surface area contributed by atoms with Crippen molar-refractivity contribution in [1.82, 2.24) is 0 Å². The first kappa shape index (κ1) is 13.5. The first-order valence-corrected chi connectivity index (χ1v) is 7.87. The molecular weight excluding hydrogens is 298 g/mol. The maximum Gasteiger partial charge on any atom is 0.197 e. The van der Waals surface area contributed by atoms with Crippen LogP contribution >= 0.6 is 0 Å². The summed E-state index contributed by atoms with van der Waals surface area (Å²) in [5, 5.41) is 32.6. The maximum absolute atomic E-state index is 12.5. The molecule has 23 heavy (non-hydrogen) atoms. The van der Waals surface area contributed by atoms with Crippen LogP contribution < -0.4 is 4.74 Å². The van der Waals surface area contributed by atoms with E-state index in [0.29, 0.717) is 25.1 Å². The van der Waals surface area contributed by atoms with E-state index in [2.05, 4.69) is 0 Å². The minimum absolute atomic E-state index is 0.00653. The summed E-state index contributed by atoms with van der Waals surface area (Å²) in [6.45, 7) is 0.419. The highest BCUT2D eigenvalue weighted by atomic mass is 16.6. The zero-order chi connectivity index (χ0) is 16.2. The standard InChI is InChI=1S/C17H17NO5/c1-18(22)7-6-16-13-9-2-3-10(19)14(13)23-15(16)11(20)4-5-17(16,21)12(18)8-9/h2-5,12,15,21-22H,6-8H2,1H3/p+1/t12?,15-,16-,17+,18+/m0/s1. The van der Waals surface area contributed by atoms with E-state index in [1.807, 2.05) is 6.07 Å². The number of aromatic hydroxyl groups is 1. The van der Waals surface area contributed by atoms with Gasteiger partial charge in [-0.2, -0.15) is 4.65 Å². The van der Waals surface area contributed by atoms with Gasteiger partial charge in [0, 0.05) is 18.4 Å². The van der Waals surface area contributed by atoms with Crippen LogP contribution in [0.5, 0.6) is 11.5 Å². The highest BCUT2D eigenvalue weighted by Crippen LogP contribution is 2.64. The Hall–Kier alpha value is -1.89. The van der Waals surface area contributed by atoms with E-state index in [0.717, 1.165) is 11.1 Å². The summed E-state index contributed by atoms with van der Waals surface area (Å²) < 4.78 is 5.56. The molecular formula is C17H18NO5+. The molecule has 1 aromatic carbocycles. The third-order valence-corrected chi connectivity index (χ3v) is 6.38. The lowest BCUT2D eigenvalue weighted by Gasteiger charge is -2.59. The Bertz CT molecular complexity index is 800. The first-order valence-electron chi connectivity index (χ1n) is 7.87. The molecule has 0 saturated carbocycles. The van der Waals surface area contributed by atoms with Gasteiger partial charge in [0.1, 0.15) is 6.54 Å². The minimum atomic E-state index is -1.38. The van der Waals surface area contributed by atoms with Crippen LogP contribution in [-0.2, 0) is 16.6 Å². The van der Waals surface area contributed by atoms with E-state index in [4.69, 9.17) is 4.74 Å². The number of likely N-dealkylation sites (tertiary alicyclic amines) is 1. The van der Waals surface area contributed by atoms with Crippen molar-refractivity contribution in [3.05, 3.63) is 35.4 Å². The summed E-state index contributed by atoms with van der Waals surface area (Å²) in [6, 6.07) is 2.89. The van der Waals surface area contributed by atoms with Gasteiger partial charge in [-0.05, 0) is 23.8 Å². The number of carbonyl (C=O) groups excluding carboxylic acids is 1. The fourth-order valence-electron chi connectivity index (χ4n) is 5.30. The molecule has 6 nitrogen and oxygen atoms in total. The lowest BCUT2D eigenvalue weighted by atomic mass is 9.50. The number of likely N-dealkylation sites (N-methyl/N-ethyl adjacent to an activating group) is 1. The summed E-state index contributed by atoms with van der Waals surface area (Å²) in [5.74, 6) is 0.106. The van der Waals surface area contributed by atoms with Crippen molar-refractivity contribution < 1.29 is 29.6 Å². The quantitative estimate of drug-likeness (QED) is 0.604. The van der Waals surface area contributed by atoms with E-state index >= 15 is 0 Å². The predicted molar refractivity (Wildman–Crippen MR) is 78.2 cm³/mol. The molecule has 5 atom stereocenters. The lowest BCUT2D eigenvalue weighted by molar-refractivity contribution is -1.11. The van der Waals surface area contributed by atoms with Crippen LogP contribution in [0.15, 0.2) is 24.3 Å². The Labute approximate surface area is 132 Å². The van der Waals surface area contributed by atoms with Crippen LogP contribution in [0, 0.1) is 0 Å². The van der Waals surface area contributed by atoms with Crippen LogP contribution in [0.1, 0.15) is 17.5 Å². The summed E-state index contributed by atoms with van der Waals surface area (Å²) in [4.78, 5) is 12.5. The van der Waals surface area contributed by atoms with Crippen molar-refractivity contribution in [3.8, 4) is 11.5 Å². The molecule has 1 unspecified atom stereocenters. The number of quaternary nitrogens is 1. The average Bonchev–Trinajstić information content (AvgIpc) is 2.86. The summed E-state index contributed by atoms with van der Waals surface area (Å²) in [5.41, 5.74) is -0.625. The minimum Gasteiger partial charge on any atom is -0.504 e. The number of rotatable bonds is 0. The molecule has 0 amide bonds. The Morgan fingerprint density at radius 1 is 1.39 bits per heavy atom. The highest BCUT2D eigenvalue weighted by molar-refractivity contribution is 5.98. The number of carbonyl (C=O) groups is 1. The molecule has 2 bridgehead atoms. The number of hydrogen-bond acceptors (Lipinski definition) is 5. The van der Waals surface area contributed by atoms with Gasteiger partial charge in [0.05, 0.1) is 12.5 Å². The van der Waals surface area contributed by atoms with Crippen molar-refractivity contribution in [1.29, 1.82) is 0 Å². The van der Waals surface area contributed by atoms with E-state index < -0.39 is 23.2 Å². The second-order valence-corrected chi connectivity index (χ2v) is 7.39. The number of hydroxylamine groups is 3. The van der Waals surface area contributed by atoms with Crippen LogP contribution in [0.2, 0.25) is 0 Å². The fraction of sp³-hybridized carbons (Fsp3) is 0.471. The highest BCUT2D eigenvalue weighted by Gasteiger charge is 2.75. The van der Waals surface area contributed by atoms with Crippen LogP contribution in [0.25, 0.3) is 0 Å². The summed E-state index contributed by atoms with van der Waals surface area (Å²) >= 11 is 0.